The number of hydrogen-bond acceptors (Lipinski definition) is 3. The highest BCUT2D eigenvalue weighted by Crippen LogP contribution is 2.33. The van der Waals surface area contributed by atoms with Crippen molar-refractivity contribution in [3.8, 4) is 5.75 Å². The highest BCUT2D eigenvalue weighted by molar-refractivity contribution is 9.10. The van der Waals surface area contributed by atoms with Crippen molar-refractivity contribution >= 4 is 61.7 Å². The third kappa shape index (κ3) is 6.90. The molecule has 8 heteroatoms. The molecule has 186 valence electrons. The molecule has 0 radical (unpaired) electrons. The van der Waals surface area contributed by atoms with E-state index >= 15 is 0 Å². The molecule has 0 heterocycles. The Balaban J connectivity index is 1.85. The van der Waals surface area contributed by atoms with Gasteiger partial charge in [-0.2, -0.15) is 0 Å². The molecular weight excluding hydrogens is 551 g/mol. The highest BCUT2D eigenvalue weighted by Gasteiger charge is 2.29. The maximum Gasteiger partial charge on any atom is 0.261 e. The Hall–Kier alpha value is -2.28. The third-order valence-corrected chi connectivity index (χ3v) is 7.46. The molecule has 0 fully saturated rings. The lowest BCUT2D eigenvalue weighted by atomic mass is 10.1. The van der Waals surface area contributed by atoms with E-state index in [2.05, 4.69) is 21.2 Å². The van der Waals surface area contributed by atoms with Crippen LogP contribution in [0.5, 0.6) is 5.75 Å². The van der Waals surface area contributed by atoms with Crippen LogP contribution in [0.3, 0.4) is 0 Å². The second-order valence-electron chi connectivity index (χ2n) is 8.40. The van der Waals surface area contributed by atoms with E-state index in [4.69, 9.17) is 27.9 Å². The van der Waals surface area contributed by atoms with Gasteiger partial charge in [-0.15, -0.1) is 0 Å². The number of fused-ring (bicyclic) bond motifs is 1. The van der Waals surface area contributed by atoms with E-state index in [1.807, 2.05) is 57.2 Å². The molecule has 5 nitrogen and oxygen atoms in total. The molecule has 0 aliphatic rings. The molecule has 2 amide bonds. The van der Waals surface area contributed by atoms with Crippen LogP contribution < -0.4 is 10.1 Å². The van der Waals surface area contributed by atoms with Gasteiger partial charge in [0.1, 0.15) is 11.8 Å². The van der Waals surface area contributed by atoms with Gasteiger partial charge in [-0.1, -0.05) is 73.4 Å². The van der Waals surface area contributed by atoms with Crippen LogP contribution in [0.25, 0.3) is 10.8 Å². The zero-order valence-electron chi connectivity index (χ0n) is 20.0. The molecule has 0 unspecified atom stereocenters. The molecule has 0 saturated heterocycles. The average molecular weight is 580 g/mol. The van der Waals surface area contributed by atoms with Crippen molar-refractivity contribution in [1.29, 1.82) is 0 Å². The number of halogens is 3. The van der Waals surface area contributed by atoms with Crippen LogP contribution >= 0.6 is 39.1 Å². The second-order valence-corrected chi connectivity index (χ2v) is 10.0. The van der Waals surface area contributed by atoms with Crippen LogP contribution in [0.15, 0.2) is 59.1 Å². The maximum atomic E-state index is 13.5. The smallest absolute Gasteiger partial charge is 0.261 e. The lowest BCUT2D eigenvalue weighted by Gasteiger charge is -2.31. The van der Waals surface area contributed by atoms with Gasteiger partial charge in [0.05, 0.1) is 14.5 Å². The number of carbonyl (C=O) groups excluding carboxylic acids is 2. The first-order chi connectivity index (χ1) is 16.7. The summed E-state index contributed by atoms with van der Waals surface area (Å²) in [6.45, 7) is 5.81. The Morgan fingerprint density at radius 2 is 1.77 bits per heavy atom. The number of rotatable bonds is 10. The lowest BCUT2D eigenvalue weighted by molar-refractivity contribution is -0.143. The quantitative estimate of drug-likeness (QED) is 0.281. The summed E-state index contributed by atoms with van der Waals surface area (Å²) in [5, 5.41) is 5.87. The van der Waals surface area contributed by atoms with Gasteiger partial charge in [0.2, 0.25) is 5.91 Å². The van der Waals surface area contributed by atoms with Gasteiger partial charge in [-0.25, -0.2) is 0 Å². The first-order valence-corrected chi connectivity index (χ1v) is 13.1. The normalized spacial score (nSPS) is 12.7. The molecule has 2 atom stereocenters. The van der Waals surface area contributed by atoms with E-state index in [0.29, 0.717) is 22.2 Å². The number of carbonyl (C=O) groups is 2. The summed E-state index contributed by atoms with van der Waals surface area (Å²) >= 11 is 15.9. The van der Waals surface area contributed by atoms with Crippen LogP contribution in [0.2, 0.25) is 10.0 Å². The summed E-state index contributed by atoms with van der Waals surface area (Å²) in [5.74, 6) is 0.0630. The van der Waals surface area contributed by atoms with Gasteiger partial charge in [0.15, 0.2) is 6.61 Å². The zero-order valence-corrected chi connectivity index (χ0v) is 23.1. The lowest BCUT2D eigenvalue weighted by Crippen LogP contribution is -2.51. The zero-order chi connectivity index (χ0) is 25.5. The maximum absolute atomic E-state index is 13.5. The molecule has 3 rings (SSSR count). The first-order valence-electron chi connectivity index (χ1n) is 11.6. The van der Waals surface area contributed by atoms with Gasteiger partial charge in [0.25, 0.3) is 5.91 Å². The number of nitrogens with one attached hydrogen (secondary N) is 1. The summed E-state index contributed by atoms with van der Waals surface area (Å²) in [5.41, 5.74) is 0.773. The summed E-state index contributed by atoms with van der Waals surface area (Å²) in [6, 6.07) is 16.2. The molecular formula is C27H29BrCl2N2O3. The number of nitrogens with zero attached hydrogens (tertiary/aromatic N) is 1. The molecule has 3 aromatic rings. The molecule has 0 spiro atoms. The molecule has 1 N–H and O–H groups in total. The molecule has 0 aromatic heterocycles. The summed E-state index contributed by atoms with van der Waals surface area (Å²) in [7, 11) is 0. The average Bonchev–Trinajstić information content (AvgIpc) is 2.85. The number of ether oxygens (including phenoxy) is 1. The van der Waals surface area contributed by atoms with Crippen molar-refractivity contribution in [2.75, 3.05) is 6.61 Å². The van der Waals surface area contributed by atoms with Crippen molar-refractivity contribution in [3.05, 3.63) is 74.7 Å². The number of benzene rings is 3. The van der Waals surface area contributed by atoms with E-state index in [-0.39, 0.29) is 31.0 Å². The molecule has 35 heavy (non-hydrogen) atoms. The second kappa shape index (κ2) is 12.6. The largest absolute Gasteiger partial charge is 0.483 e. The van der Waals surface area contributed by atoms with Gasteiger partial charge in [-0.05, 0) is 70.2 Å². The summed E-state index contributed by atoms with van der Waals surface area (Å²) in [4.78, 5) is 28.1. The predicted octanol–water partition coefficient (Wildman–Crippen LogP) is 7.01. The predicted molar refractivity (Wildman–Crippen MR) is 146 cm³/mol. The Labute approximate surface area is 224 Å². The Kier molecular flexibility index (Phi) is 9.84. The van der Waals surface area contributed by atoms with Crippen LogP contribution in [0.4, 0.5) is 0 Å². The van der Waals surface area contributed by atoms with Crippen molar-refractivity contribution in [2.45, 2.75) is 52.2 Å². The monoisotopic (exact) mass is 578 g/mol. The van der Waals surface area contributed by atoms with E-state index < -0.39 is 6.04 Å². The fourth-order valence-electron chi connectivity index (χ4n) is 3.74. The van der Waals surface area contributed by atoms with Crippen LogP contribution in [0, 0.1) is 0 Å². The van der Waals surface area contributed by atoms with Crippen LogP contribution in [-0.2, 0) is 16.1 Å². The van der Waals surface area contributed by atoms with Crippen LogP contribution in [-0.4, -0.2) is 35.4 Å². The van der Waals surface area contributed by atoms with Crippen molar-refractivity contribution in [3.63, 3.8) is 0 Å². The van der Waals surface area contributed by atoms with E-state index in [1.54, 1.807) is 23.1 Å². The van der Waals surface area contributed by atoms with E-state index in [9.17, 15) is 9.59 Å². The Morgan fingerprint density at radius 1 is 1.03 bits per heavy atom. The number of amides is 2. The van der Waals surface area contributed by atoms with Gasteiger partial charge in [-0.3, -0.25) is 9.59 Å². The molecule has 0 aliphatic carbocycles. The van der Waals surface area contributed by atoms with E-state index in [1.165, 1.54) is 0 Å². The topological polar surface area (TPSA) is 58.6 Å². The van der Waals surface area contributed by atoms with Crippen LogP contribution in [0.1, 0.15) is 39.2 Å². The summed E-state index contributed by atoms with van der Waals surface area (Å²) < 4.78 is 6.71. The third-order valence-electron chi connectivity index (χ3n) is 5.90. The molecule has 0 saturated carbocycles. The fourth-order valence-corrected chi connectivity index (χ4v) is 4.67. The molecule has 0 aliphatic heterocycles. The highest BCUT2D eigenvalue weighted by atomic mass is 79.9. The molecule has 0 bridgehead atoms. The van der Waals surface area contributed by atoms with Crippen molar-refractivity contribution in [1.82, 2.24) is 10.2 Å². The SMILES string of the molecule is CC[C@H](C)NC(=O)[C@H](CC)N(Cc1ccc(Cl)c(Cl)c1)C(=O)COc1ccc2ccccc2c1Br. The minimum Gasteiger partial charge on any atom is -0.483 e. The first kappa shape index (κ1) is 27.3. The fraction of sp³-hybridized carbons (Fsp3) is 0.333. The molecule has 3 aromatic carbocycles. The van der Waals surface area contributed by atoms with Crippen molar-refractivity contribution in [2.24, 2.45) is 0 Å². The van der Waals surface area contributed by atoms with Gasteiger partial charge >= 0.3 is 0 Å². The number of hydrogen-bond donors (Lipinski definition) is 1. The van der Waals surface area contributed by atoms with Gasteiger partial charge in [0, 0.05) is 12.6 Å². The Bertz CT molecular complexity index is 1200. The Morgan fingerprint density at radius 3 is 2.46 bits per heavy atom. The van der Waals surface area contributed by atoms with E-state index in [0.717, 1.165) is 27.2 Å². The summed E-state index contributed by atoms with van der Waals surface area (Å²) in [6.07, 6.45) is 1.25. The minimum atomic E-state index is -0.658. The van der Waals surface area contributed by atoms with Crippen molar-refractivity contribution < 1.29 is 14.3 Å². The standard InChI is InChI=1S/C27H29BrCl2N2O3/c1-4-17(3)31-27(34)23(5-2)32(15-18-10-12-21(29)22(30)14-18)25(33)16-35-24-13-11-19-8-6-7-9-20(19)26(24)28/h6-14,17,23H,4-5,15-16H2,1-3H3,(H,31,34)/t17-,23-/m0/s1. The minimum absolute atomic E-state index is 0.00304. The van der Waals surface area contributed by atoms with Gasteiger partial charge < -0.3 is 15.0 Å².